The Kier molecular flexibility index (Phi) is 4.11. The number of rotatable bonds is 4. The number of nitro benzene ring substituents is 1. The molecule has 0 radical (unpaired) electrons. The number of phenols is 1. The van der Waals surface area contributed by atoms with Crippen molar-refractivity contribution < 1.29 is 20.2 Å². The molecule has 3 N–H and O–H groups in total. The Balaban J connectivity index is 3.17. The highest BCUT2D eigenvalue weighted by molar-refractivity contribution is 7.80. The van der Waals surface area contributed by atoms with Gasteiger partial charge in [0.05, 0.1) is 22.7 Å². The molecule has 0 aliphatic carbocycles. The molecule has 6 nitrogen and oxygen atoms in total. The molecule has 2 unspecified atom stereocenters. The second kappa shape index (κ2) is 5.15. The third kappa shape index (κ3) is 2.63. The number of phenolic OH excluding ortho intramolecular Hbond substituents is 1. The van der Waals surface area contributed by atoms with Crippen molar-refractivity contribution in [3.63, 3.8) is 0 Å². The highest BCUT2D eigenvalue weighted by atomic mass is 32.1. The first-order valence-electron chi connectivity index (χ1n) is 4.41. The van der Waals surface area contributed by atoms with Crippen molar-refractivity contribution in [3.8, 4) is 5.75 Å². The van der Waals surface area contributed by atoms with Crippen LogP contribution in [0.25, 0.3) is 0 Å². The van der Waals surface area contributed by atoms with Gasteiger partial charge in [0, 0.05) is 5.75 Å². The minimum atomic E-state index is -1.40. The largest absolute Gasteiger partial charge is 0.508 e. The summed E-state index contributed by atoms with van der Waals surface area (Å²) in [6.07, 6.45) is -2.61. The van der Waals surface area contributed by atoms with Crippen LogP contribution in [0.4, 0.5) is 5.69 Å². The van der Waals surface area contributed by atoms with Gasteiger partial charge in [-0.2, -0.15) is 12.6 Å². The highest BCUT2D eigenvalue weighted by Crippen LogP contribution is 2.30. The van der Waals surface area contributed by atoms with Crippen molar-refractivity contribution >= 4 is 18.3 Å². The fraction of sp³-hybridized carbons (Fsp3) is 0.333. The number of hydrogen-bond donors (Lipinski definition) is 4. The van der Waals surface area contributed by atoms with E-state index in [9.17, 15) is 20.3 Å². The quantitative estimate of drug-likeness (QED) is 0.354. The van der Waals surface area contributed by atoms with Crippen LogP contribution in [-0.2, 0) is 0 Å². The zero-order valence-corrected chi connectivity index (χ0v) is 9.04. The van der Waals surface area contributed by atoms with Crippen LogP contribution in [0.5, 0.6) is 5.75 Å². The summed E-state index contributed by atoms with van der Waals surface area (Å²) in [5.74, 6) is -0.304. The second-order valence-electron chi connectivity index (χ2n) is 3.19. The normalized spacial score (nSPS) is 14.4. The van der Waals surface area contributed by atoms with Gasteiger partial charge in [-0.05, 0) is 12.1 Å². The maximum Gasteiger partial charge on any atom is 0.278 e. The number of nitrogens with zero attached hydrogens (tertiary/aromatic N) is 1. The summed E-state index contributed by atoms with van der Waals surface area (Å²) in [5.41, 5.74) is -0.488. The Morgan fingerprint density at radius 3 is 2.56 bits per heavy atom. The van der Waals surface area contributed by atoms with Gasteiger partial charge in [-0.3, -0.25) is 10.1 Å². The van der Waals surface area contributed by atoms with E-state index in [1.807, 2.05) is 0 Å². The second-order valence-corrected chi connectivity index (χ2v) is 3.56. The lowest BCUT2D eigenvalue weighted by Gasteiger charge is -2.16. The lowest BCUT2D eigenvalue weighted by molar-refractivity contribution is -0.386. The summed E-state index contributed by atoms with van der Waals surface area (Å²) >= 11 is 3.78. The van der Waals surface area contributed by atoms with Crippen LogP contribution in [0.1, 0.15) is 11.7 Å². The zero-order chi connectivity index (χ0) is 12.3. The number of aliphatic hydroxyl groups is 2. The zero-order valence-electron chi connectivity index (χ0n) is 8.15. The number of benzene rings is 1. The molecule has 0 aliphatic rings. The van der Waals surface area contributed by atoms with Crippen LogP contribution in [0.3, 0.4) is 0 Å². The number of aliphatic hydroxyl groups excluding tert-OH is 2. The first kappa shape index (κ1) is 12.8. The highest BCUT2D eigenvalue weighted by Gasteiger charge is 2.25. The molecule has 0 amide bonds. The Morgan fingerprint density at radius 2 is 2.06 bits per heavy atom. The number of hydrogen-bond acceptors (Lipinski definition) is 6. The van der Waals surface area contributed by atoms with Gasteiger partial charge in [-0.25, -0.2) is 0 Å². The number of aromatic hydroxyl groups is 1. The standard InChI is InChI=1S/C9H11NO5S/c11-5-1-2-6(7(3-5)10(14)15)9(13)8(12)4-16/h1-3,8-9,11-13,16H,4H2. The molecule has 0 aliphatic heterocycles. The molecule has 1 aromatic rings. The van der Waals surface area contributed by atoms with Crippen molar-refractivity contribution in [2.24, 2.45) is 0 Å². The van der Waals surface area contributed by atoms with Gasteiger partial charge in [0.15, 0.2) is 0 Å². The van der Waals surface area contributed by atoms with E-state index in [2.05, 4.69) is 12.6 Å². The number of thiol groups is 1. The summed E-state index contributed by atoms with van der Waals surface area (Å²) in [6.45, 7) is 0. The van der Waals surface area contributed by atoms with E-state index in [4.69, 9.17) is 5.11 Å². The summed E-state index contributed by atoms with van der Waals surface area (Å²) in [5, 5.41) is 38.7. The molecule has 0 bridgehead atoms. The van der Waals surface area contributed by atoms with Gasteiger partial charge in [0.25, 0.3) is 5.69 Å². The van der Waals surface area contributed by atoms with Gasteiger partial charge in [-0.15, -0.1) is 0 Å². The minimum Gasteiger partial charge on any atom is -0.508 e. The first-order valence-corrected chi connectivity index (χ1v) is 5.05. The van der Waals surface area contributed by atoms with E-state index >= 15 is 0 Å². The average Bonchev–Trinajstić information content (AvgIpc) is 2.26. The van der Waals surface area contributed by atoms with Gasteiger partial charge in [0.2, 0.25) is 0 Å². The molecule has 0 saturated carbocycles. The molecular weight excluding hydrogens is 234 g/mol. The lowest BCUT2D eigenvalue weighted by atomic mass is 10.0. The van der Waals surface area contributed by atoms with Crippen LogP contribution in [0.2, 0.25) is 0 Å². The van der Waals surface area contributed by atoms with E-state index in [1.54, 1.807) is 0 Å². The summed E-state index contributed by atoms with van der Waals surface area (Å²) in [4.78, 5) is 9.94. The predicted octanol–water partition coefficient (Wildman–Crippen LogP) is 0.624. The molecule has 16 heavy (non-hydrogen) atoms. The Morgan fingerprint density at radius 1 is 1.44 bits per heavy atom. The molecule has 0 spiro atoms. The van der Waals surface area contributed by atoms with Gasteiger partial charge < -0.3 is 15.3 Å². The molecule has 88 valence electrons. The topological polar surface area (TPSA) is 104 Å². The summed E-state index contributed by atoms with van der Waals surface area (Å²) in [7, 11) is 0. The molecule has 7 heteroatoms. The van der Waals surface area contributed by atoms with Crippen molar-refractivity contribution in [1.29, 1.82) is 0 Å². The monoisotopic (exact) mass is 245 g/mol. The lowest BCUT2D eigenvalue weighted by Crippen LogP contribution is -2.20. The van der Waals surface area contributed by atoms with E-state index in [-0.39, 0.29) is 17.1 Å². The van der Waals surface area contributed by atoms with Crippen molar-refractivity contribution in [3.05, 3.63) is 33.9 Å². The van der Waals surface area contributed by atoms with Crippen LogP contribution < -0.4 is 0 Å². The van der Waals surface area contributed by atoms with Crippen molar-refractivity contribution in [2.45, 2.75) is 12.2 Å². The Bertz CT molecular complexity index is 397. The van der Waals surface area contributed by atoms with Gasteiger partial charge >= 0.3 is 0 Å². The number of nitro groups is 1. The SMILES string of the molecule is O=[N+]([O-])c1cc(O)ccc1C(O)C(O)CS. The molecule has 0 fully saturated rings. The minimum absolute atomic E-state index is 0.0286. The molecule has 1 rings (SSSR count). The summed E-state index contributed by atoms with van der Waals surface area (Å²) in [6, 6.07) is 3.32. The predicted molar refractivity (Wildman–Crippen MR) is 59.6 cm³/mol. The fourth-order valence-electron chi connectivity index (χ4n) is 1.25. The molecule has 0 saturated heterocycles. The molecule has 2 atom stereocenters. The Labute approximate surface area is 96.7 Å². The molecule has 1 aromatic carbocycles. The molecule has 0 aromatic heterocycles. The van der Waals surface area contributed by atoms with E-state index in [0.29, 0.717) is 0 Å². The third-order valence-electron chi connectivity index (χ3n) is 2.08. The fourth-order valence-corrected chi connectivity index (χ4v) is 1.45. The maximum atomic E-state index is 10.7. The third-order valence-corrected chi connectivity index (χ3v) is 2.45. The van der Waals surface area contributed by atoms with E-state index in [0.717, 1.165) is 6.07 Å². The average molecular weight is 245 g/mol. The van der Waals surface area contributed by atoms with E-state index < -0.39 is 22.8 Å². The van der Waals surface area contributed by atoms with Crippen LogP contribution in [0.15, 0.2) is 18.2 Å². The maximum absolute atomic E-state index is 10.7. The van der Waals surface area contributed by atoms with Crippen LogP contribution in [-0.4, -0.2) is 32.1 Å². The van der Waals surface area contributed by atoms with Crippen molar-refractivity contribution in [1.82, 2.24) is 0 Å². The van der Waals surface area contributed by atoms with Crippen LogP contribution in [0, 0.1) is 10.1 Å². The molecule has 0 heterocycles. The summed E-state index contributed by atoms with van der Waals surface area (Å²) < 4.78 is 0. The first-order chi connectivity index (χ1) is 7.47. The van der Waals surface area contributed by atoms with E-state index in [1.165, 1.54) is 12.1 Å². The molecular formula is C9H11NO5S. The smallest absolute Gasteiger partial charge is 0.278 e. The Hall–Kier alpha value is -1.31. The van der Waals surface area contributed by atoms with Gasteiger partial charge in [-0.1, -0.05) is 0 Å². The van der Waals surface area contributed by atoms with Crippen molar-refractivity contribution in [2.75, 3.05) is 5.75 Å². The van der Waals surface area contributed by atoms with Gasteiger partial charge in [0.1, 0.15) is 11.9 Å². The van der Waals surface area contributed by atoms with Crippen LogP contribution >= 0.6 is 12.6 Å².